The topological polar surface area (TPSA) is 60.4 Å². The molecule has 0 saturated heterocycles. The van der Waals surface area contributed by atoms with Gasteiger partial charge in [0.2, 0.25) is 0 Å². The maximum atomic E-state index is 5.61. The SMILES string of the molecule is CCN1NNN=C1c1c[nH]n(-c2ccc(C)cc2C)c1=S. The first-order valence-corrected chi connectivity index (χ1v) is 7.27. The number of nitrogens with one attached hydrogen (secondary N) is 3. The van der Waals surface area contributed by atoms with E-state index in [1.165, 1.54) is 11.1 Å². The van der Waals surface area contributed by atoms with Crippen LogP contribution in [-0.4, -0.2) is 27.2 Å². The fourth-order valence-corrected chi connectivity index (χ4v) is 2.75. The predicted octanol–water partition coefficient (Wildman–Crippen LogP) is 2.16. The molecule has 6 nitrogen and oxygen atoms in total. The average Bonchev–Trinajstić information content (AvgIpc) is 3.05. The molecule has 0 aliphatic carbocycles. The van der Waals surface area contributed by atoms with Crippen LogP contribution in [0, 0.1) is 18.5 Å². The van der Waals surface area contributed by atoms with Gasteiger partial charge in [-0.25, -0.2) is 10.2 Å². The Morgan fingerprint density at radius 1 is 1.29 bits per heavy atom. The van der Waals surface area contributed by atoms with Crippen molar-refractivity contribution in [1.29, 1.82) is 0 Å². The Balaban J connectivity index is 2.06. The van der Waals surface area contributed by atoms with Crippen LogP contribution in [0.3, 0.4) is 0 Å². The van der Waals surface area contributed by atoms with Crippen molar-refractivity contribution in [3.8, 4) is 5.69 Å². The number of amidine groups is 1. The smallest absolute Gasteiger partial charge is 0.177 e. The Kier molecular flexibility index (Phi) is 3.52. The zero-order valence-electron chi connectivity index (χ0n) is 12.3. The van der Waals surface area contributed by atoms with Crippen molar-refractivity contribution in [1.82, 2.24) is 25.9 Å². The number of hydrazone groups is 1. The zero-order valence-corrected chi connectivity index (χ0v) is 13.1. The van der Waals surface area contributed by atoms with Gasteiger partial charge >= 0.3 is 0 Å². The predicted molar refractivity (Wildman–Crippen MR) is 85.6 cm³/mol. The maximum Gasteiger partial charge on any atom is 0.177 e. The first kappa shape index (κ1) is 13.8. The van der Waals surface area contributed by atoms with Crippen LogP contribution in [0.4, 0.5) is 0 Å². The molecule has 1 aromatic heterocycles. The number of aryl methyl sites for hydroxylation is 2. The van der Waals surface area contributed by atoms with Gasteiger partial charge < -0.3 is 0 Å². The van der Waals surface area contributed by atoms with Crippen molar-refractivity contribution >= 4 is 18.1 Å². The molecular weight excluding hydrogens is 284 g/mol. The second-order valence-corrected chi connectivity index (χ2v) is 5.41. The number of aromatic amines is 1. The summed E-state index contributed by atoms with van der Waals surface area (Å²) in [5, 5.41) is 9.37. The molecular formula is C14H18N6S. The van der Waals surface area contributed by atoms with Gasteiger partial charge in [-0.3, -0.25) is 10.1 Å². The van der Waals surface area contributed by atoms with E-state index < -0.39 is 0 Å². The van der Waals surface area contributed by atoms with E-state index in [9.17, 15) is 0 Å². The third-order valence-electron chi connectivity index (χ3n) is 3.52. The van der Waals surface area contributed by atoms with Crippen LogP contribution in [0.25, 0.3) is 5.69 Å². The molecule has 0 bridgehead atoms. The lowest BCUT2D eigenvalue weighted by Crippen LogP contribution is -2.40. The molecule has 1 aliphatic heterocycles. The van der Waals surface area contributed by atoms with Crippen LogP contribution < -0.4 is 11.1 Å². The minimum atomic E-state index is 0.713. The Labute approximate surface area is 128 Å². The van der Waals surface area contributed by atoms with Gasteiger partial charge in [0.05, 0.1) is 11.3 Å². The van der Waals surface area contributed by atoms with Crippen molar-refractivity contribution in [2.75, 3.05) is 6.54 Å². The summed E-state index contributed by atoms with van der Waals surface area (Å²) in [6.45, 7) is 7.00. The van der Waals surface area contributed by atoms with E-state index >= 15 is 0 Å². The fourth-order valence-electron chi connectivity index (χ4n) is 2.45. The van der Waals surface area contributed by atoms with Crippen molar-refractivity contribution in [3.05, 3.63) is 45.7 Å². The normalized spacial score (nSPS) is 14.2. The van der Waals surface area contributed by atoms with Crippen LogP contribution in [-0.2, 0) is 0 Å². The minimum absolute atomic E-state index is 0.713. The van der Waals surface area contributed by atoms with Crippen LogP contribution in [0.5, 0.6) is 0 Å². The quantitative estimate of drug-likeness (QED) is 0.761. The molecule has 3 rings (SSSR count). The number of hydrogen-bond donors (Lipinski definition) is 3. The largest absolute Gasteiger partial charge is 0.299 e. The van der Waals surface area contributed by atoms with Crippen molar-refractivity contribution in [2.45, 2.75) is 20.8 Å². The van der Waals surface area contributed by atoms with Gasteiger partial charge in [0.25, 0.3) is 0 Å². The third-order valence-corrected chi connectivity index (χ3v) is 3.93. The number of hydrazine groups is 2. The van der Waals surface area contributed by atoms with E-state index in [1.807, 2.05) is 22.8 Å². The molecule has 7 heteroatoms. The first-order chi connectivity index (χ1) is 10.1. The molecule has 0 spiro atoms. The number of H-pyrrole nitrogens is 1. The lowest BCUT2D eigenvalue weighted by atomic mass is 10.1. The maximum absolute atomic E-state index is 5.61. The molecule has 0 saturated carbocycles. The van der Waals surface area contributed by atoms with Gasteiger partial charge in [-0.2, -0.15) is 0 Å². The minimum Gasteiger partial charge on any atom is -0.299 e. The van der Waals surface area contributed by atoms with Gasteiger partial charge in [0, 0.05) is 12.7 Å². The van der Waals surface area contributed by atoms with Crippen LogP contribution in [0.2, 0.25) is 0 Å². The molecule has 21 heavy (non-hydrogen) atoms. The van der Waals surface area contributed by atoms with E-state index in [0.717, 1.165) is 23.6 Å². The molecule has 110 valence electrons. The highest BCUT2D eigenvalue weighted by Crippen LogP contribution is 2.18. The highest BCUT2D eigenvalue weighted by atomic mass is 32.1. The summed E-state index contributed by atoms with van der Waals surface area (Å²) in [4.78, 5) is 0. The van der Waals surface area contributed by atoms with Crippen LogP contribution >= 0.6 is 12.2 Å². The Morgan fingerprint density at radius 2 is 2.10 bits per heavy atom. The van der Waals surface area contributed by atoms with Gasteiger partial charge in [-0.15, -0.1) is 10.6 Å². The standard InChI is InChI=1S/C14H18N6S/c1-4-19-13(16-17-18-19)11-8-15-20(14(11)21)12-6-5-9(2)7-10(12)3/h5-8,15,17-18H,4H2,1-3H3. The van der Waals surface area contributed by atoms with Crippen LogP contribution in [0.15, 0.2) is 29.5 Å². The van der Waals surface area contributed by atoms with Crippen LogP contribution in [0.1, 0.15) is 23.6 Å². The summed E-state index contributed by atoms with van der Waals surface area (Å²) in [5.74, 6) is 0.794. The summed E-state index contributed by atoms with van der Waals surface area (Å²) in [7, 11) is 0. The van der Waals surface area contributed by atoms with Gasteiger partial charge in [0.15, 0.2) is 5.84 Å². The summed E-state index contributed by atoms with van der Waals surface area (Å²) in [6.07, 6.45) is 1.89. The van der Waals surface area contributed by atoms with Crippen molar-refractivity contribution < 1.29 is 0 Å². The Bertz CT molecular complexity index is 757. The third kappa shape index (κ3) is 2.34. The number of benzene rings is 1. The number of nitrogens with zero attached hydrogens (tertiary/aromatic N) is 3. The molecule has 2 heterocycles. The Morgan fingerprint density at radius 3 is 2.81 bits per heavy atom. The monoisotopic (exact) mass is 302 g/mol. The van der Waals surface area contributed by atoms with E-state index in [0.29, 0.717) is 4.64 Å². The van der Waals surface area contributed by atoms with Gasteiger partial charge in [0.1, 0.15) is 4.64 Å². The second-order valence-electron chi connectivity index (χ2n) is 5.02. The highest BCUT2D eigenvalue weighted by molar-refractivity contribution is 7.71. The summed E-state index contributed by atoms with van der Waals surface area (Å²) < 4.78 is 2.62. The Hall–Kier alpha value is -2.12. The molecule has 0 unspecified atom stereocenters. The molecule has 0 amide bonds. The second kappa shape index (κ2) is 5.34. The molecule has 3 N–H and O–H groups in total. The molecule has 1 aromatic carbocycles. The van der Waals surface area contributed by atoms with Gasteiger partial charge in [-0.1, -0.05) is 29.9 Å². The number of hydrogen-bond acceptors (Lipinski definition) is 5. The van der Waals surface area contributed by atoms with Crippen molar-refractivity contribution in [3.63, 3.8) is 0 Å². The number of aromatic nitrogens is 2. The van der Waals surface area contributed by atoms with E-state index in [-0.39, 0.29) is 0 Å². The fraction of sp³-hybridized carbons (Fsp3) is 0.286. The lowest BCUT2D eigenvalue weighted by molar-refractivity contribution is 0.308. The highest BCUT2D eigenvalue weighted by Gasteiger charge is 2.20. The van der Waals surface area contributed by atoms with Gasteiger partial charge in [-0.05, 0) is 32.4 Å². The van der Waals surface area contributed by atoms with E-state index in [4.69, 9.17) is 12.2 Å². The summed E-state index contributed by atoms with van der Waals surface area (Å²) >= 11 is 5.61. The average molecular weight is 302 g/mol. The zero-order chi connectivity index (χ0) is 15.0. The summed E-state index contributed by atoms with van der Waals surface area (Å²) in [6, 6.07) is 6.30. The number of rotatable bonds is 3. The molecule has 0 fully saturated rings. The molecule has 2 aromatic rings. The van der Waals surface area contributed by atoms with E-state index in [2.05, 4.69) is 53.3 Å². The first-order valence-electron chi connectivity index (χ1n) is 6.86. The van der Waals surface area contributed by atoms with E-state index in [1.54, 1.807) is 0 Å². The molecule has 1 aliphatic rings. The lowest BCUT2D eigenvalue weighted by Gasteiger charge is -2.15. The molecule has 0 radical (unpaired) electrons. The summed E-state index contributed by atoms with van der Waals surface area (Å²) in [5.41, 5.74) is 10.1. The molecule has 0 atom stereocenters. The van der Waals surface area contributed by atoms with Crippen molar-refractivity contribution in [2.24, 2.45) is 5.10 Å².